The van der Waals surface area contributed by atoms with Crippen molar-refractivity contribution in [3.8, 4) is 0 Å². The van der Waals surface area contributed by atoms with Crippen LogP contribution in [0.1, 0.15) is 23.7 Å². The molecule has 98 valence electrons. The van der Waals surface area contributed by atoms with Gasteiger partial charge in [-0.25, -0.2) is 0 Å². The van der Waals surface area contributed by atoms with Gasteiger partial charge in [-0.15, -0.1) is 12.6 Å². The van der Waals surface area contributed by atoms with Gasteiger partial charge in [-0.05, 0) is 31.5 Å². The average Bonchev–Trinajstić information content (AvgIpc) is 2.56. The Hall–Kier alpha value is -0.710. The van der Waals surface area contributed by atoms with Gasteiger partial charge >= 0.3 is 0 Å². The Kier molecular flexibility index (Phi) is 4.54. The standard InChI is InChI=1S/C13H16ClNO2S/c1-9-8-15(5-2-6-17-9)13(16)11-7-10(18)3-4-12(11)14/h3-4,7,9,18H,2,5-6,8H2,1H3. The molecule has 0 N–H and O–H groups in total. The Morgan fingerprint density at radius 3 is 3.11 bits per heavy atom. The number of rotatable bonds is 1. The second kappa shape index (κ2) is 5.95. The van der Waals surface area contributed by atoms with Crippen molar-refractivity contribution in [1.29, 1.82) is 0 Å². The molecule has 0 aliphatic carbocycles. The molecule has 1 heterocycles. The molecule has 1 saturated heterocycles. The quantitative estimate of drug-likeness (QED) is 0.804. The smallest absolute Gasteiger partial charge is 0.255 e. The zero-order valence-electron chi connectivity index (χ0n) is 10.2. The highest BCUT2D eigenvalue weighted by atomic mass is 35.5. The number of nitrogens with zero attached hydrogens (tertiary/aromatic N) is 1. The maximum absolute atomic E-state index is 12.4. The lowest BCUT2D eigenvalue weighted by molar-refractivity contribution is 0.0562. The predicted molar refractivity (Wildman–Crippen MR) is 74.6 cm³/mol. The first kappa shape index (κ1) is 13.7. The predicted octanol–water partition coefficient (Wildman–Crippen LogP) is 2.88. The molecule has 1 aliphatic heterocycles. The third-order valence-electron chi connectivity index (χ3n) is 2.92. The van der Waals surface area contributed by atoms with E-state index < -0.39 is 0 Å². The SMILES string of the molecule is CC1CN(C(=O)c2cc(S)ccc2Cl)CCCO1. The van der Waals surface area contributed by atoms with Gasteiger partial charge < -0.3 is 9.64 Å². The molecule has 1 unspecified atom stereocenters. The number of hydrogen-bond donors (Lipinski definition) is 1. The summed E-state index contributed by atoms with van der Waals surface area (Å²) in [5.41, 5.74) is 0.512. The molecule has 5 heteroatoms. The highest BCUT2D eigenvalue weighted by molar-refractivity contribution is 7.80. The van der Waals surface area contributed by atoms with E-state index in [1.54, 1.807) is 23.1 Å². The number of ether oxygens (including phenoxy) is 1. The fourth-order valence-corrected chi connectivity index (χ4v) is 2.43. The second-order valence-electron chi connectivity index (χ2n) is 4.45. The van der Waals surface area contributed by atoms with E-state index in [0.29, 0.717) is 30.3 Å². The summed E-state index contributed by atoms with van der Waals surface area (Å²) in [5, 5.41) is 0.468. The molecule has 0 bridgehead atoms. The number of carbonyl (C=O) groups excluding carboxylic acids is 1. The van der Waals surface area contributed by atoms with Crippen molar-refractivity contribution in [2.75, 3.05) is 19.7 Å². The lowest BCUT2D eigenvalue weighted by atomic mass is 10.2. The number of benzene rings is 1. The molecule has 2 rings (SSSR count). The van der Waals surface area contributed by atoms with Crippen LogP contribution in [0, 0.1) is 0 Å². The van der Waals surface area contributed by atoms with E-state index in [-0.39, 0.29) is 12.0 Å². The van der Waals surface area contributed by atoms with Gasteiger partial charge in [0.05, 0.1) is 16.7 Å². The second-order valence-corrected chi connectivity index (χ2v) is 5.37. The Balaban J connectivity index is 2.21. The summed E-state index contributed by atoms with van der Waals surface area (Å²) in [5.74, 6) is -0.0479. The Labute approximate surface area is 117 Å². The molecule has 1 amide bonds. The number of carbonyl (C=O) groups is 1. The topological polar surface area (TPSA) is 29.5 Å². The van der Waals surface area contributed by atoms with Crippen LogP contribution in [0.2, 0.25) is 5.02 Å². The largest absolute Gasteiger partial charge is 0.377 e. The molecule has 0 spiro atoms. The summed E-state index contributed by atoms with van der Waals surface area (Å²) in [7, 11) is 0. The molecule has 1 aromatic rings. The minimum atomic E-state index is -0.0479. The number of hydrogen-bond acceptors (Lipinski definition) is 3. The number of halogens is 1. The number of amides is 1. The lowest BCUT2D eigenvalue weighted by Crippen LogP contribution is -2.36. The highest BCUT2D eigenvalue weighted by Crippen LogP contribution is 2.22. The summed E-state index contributed by atoms with van der Waals surface area (Å²) in [6.07, 6.45) is 0.920. The van der Waals surface area contributed by atoms with Crippen LogP contribution in [0.4, 0.5) is 0 Å². The van der Waals surface area contributed by atoms with Gasteiger partial charge in [0.25, 0.3) is 5.91 Å². The first-order chi connectivity index (χ1) is 8.58. The zero-order chi connectivity index (χ0) is 13.1. The highest BCUT2D eigenvalue weighted by Gasteiger charge is 2.22. The van der Waals surface area contributed by atoms with Crippen LogP contribution in [-0.4, -0.2) is 36.6 Å². The van der Waals surface area contributed by atoms with E-state index in [1.807, 2.05) is 6.92 Å². The normalized spacial score (nSPS) is 20.6. The summed E-state index contributed by atoms with van der Waals surface area (Å²) < 4.78 is 5.53. The monoisotopic (exact) mass is 285 g/mol. The fourth-order valence-electron chi connectivity index (χ4n) is 2.03. The van der Waals surface area contributed by atoms with Gasteiger partial charge in [-0.2, -0.15) is 0 Å². The van der Waals surface area contributed by atoms with Crippen molar-refractivity contribution in [3.05, 3.63) is 28.8 Å². The van der Waals surface area contributed by atoms with E-state index in [2.05, 4.69) is 12.6 Å². The van der Waals surface area contributed by atoms with Crippen molar-refractivity contribution in [3.63, 3.8) is 0 Å². The van der Waals surface area contributed by atoms with Gasteiger partial charge in [0.2, 0.25) is 0 Å². The van der Waals surface area contributed by atoms with Gasteiger partial charge in [0.1, 0.15) is 0 Å². The molecule has 1 fully saturated rings. The van der Waals surface area contributed by atoms with Crippen LogP contribution < -0.4 is 0 Å². The Bertz CT molecular complexity index is 453. The number of thiol groups is 1. The van der Waals surface area contributed by atoms with E-state index in [4.69, 9.17) is 16.3 Å². The summed E-state index contributed by atoms with van der Waals surface area (Å²) in [6, 6.07) is 5.19. The van der Waals surface area contributed by atoms with Crippen LogP contribution in [0.15, 0.2) is 23.1 Å². The van der Waals surface area contributed by atoms with E-state index in [1.165, 1.54) is 0 Å². The molecule has 18 heavy (non-hydrogen) atoms. The molecular weight excluding hydrogens is 270 g/mol. The van der Waals surface area contributed by atoms with Gasteiger partial charge in [0.15, 0.2) is 0 Å². The molecule has 1 atom stereocenters. The van der Waals surface area contributed by atoms with E-state index >= 15 is 0 Å². The Morgan fingerprint density at radius 1 is 1.56 bits per heavy atom. The lowest BCUT2D eigenvalue weighted by Gasteiger charge is -2.22. The maximum atomic E-state index is 12.4. The van der Waals surface area contributed by atoms with Crippen LogP contribution in [-0.2, 0) is 4.74 Å². The maximum Gasteiger partial charge on any atom is 0.255 e. The van der Waals surface area contributed by atoms with Crippen molar-refractivity contribution in [1.82, 2.24) is 4.90 Å². The van der Waals surface area contributed by atoms with E-state index in [0.717, 1.165) is 11.3 Å². The Morgan fingerprint density at radius 2 is 2.33 bits per heavy atom. The molecule has 1 aliphatic rings. The minimum absolute atomic E-state index is 0.0479. The van der Waals surface area contributed by atoms with Crippen LogP contribution in [0.3, 0.4) is 0 Å². The summed E-state index contributed by atoms with van der Waals surface area (Å²) in [6.45, 7) is 3.98. The van der Waals surface area contributed by atoms with Gasteiger partial charge in [-0.1, -0.05) is 11.6 Å². The third kappa shape index (κ3) is 3.19. The zero-order valence-corrected chi connectivity index (χ0v) is 11.9. The first-order valence-corrected chi connectivity index (χ1v) is 6.80. The molecule has 0 radical (unpaired) electrons. The van der Waals surface area contributed by atoms with Crippen molar-refractivity contribution in [2.45, 2.75) is 24.3 Å². The van der Waals surface area contributed by atoms with Crippen LogP contribution >= 0.6 is 24.2 Å². The third-order valence-corrected chi connectivity index (χ3v) is 3.53. The van der Waals surface area contributed by atoms with Crippen LogP contribution in [0.25, 0.3) is 0 Å². The summed E-state index contributed by atoms with van der Waals surface area (Å²) in [4.78, 5) is 15.0. The average molecular weight is 286 g/mol. The van der Waals surface area contributed by atoms with Crippen LogP contribution in [0.5, 0.6) is 0 Å². The van der Waals surface area contributed by atoms with Gasteiger partial charge in [0, 0.05) is 24.6 Å². The molecular formula is C13H16ClNO2S. The minimum Gasteiger partial charge on any atom is -0.377 e. The fraction of sp³-hybridized carbons (Fsp3) is 0.462. The summed E-state index contributed by atoms with van der Waals surface area (Å²) >= 11 is 10.3. The van der Waals surface area contributed by atoms with E-state index in [9.17, 15) is 4.79 Å². The van der Waals surface area contributed by atoms with Crippen molar-refractivity contribution < 1.29 is 9.53 Å². The molecule has 0 saturated carbocycles. The van der Waals surface area contributed by atoms with Crippen molar-refractivity contribution >= 4 is 30.1 Å². The molecule has 3 nitrogen and oxygen atoms in total. The van der Waals surface area contributed by atoms with Crippen molar-refractivity contribution in [2.24, 2.45) is 0 Å². The van der Waals surface area contributed by atoms with Gasteiger partial charge in [-0.3, -0.25) is 4.79 Å². The molecule has 0 aromatic heterocycles. The molecule has 1 aromatic carbocycles. The first-order valence-electron chi connectivity index (χ1n) is 5.97.